The third-order valence-electron chi connectivity index (χ3n) is 4.25. The van der Waals surface area contributed by atoms with E-state index in [0.29, 0.717) is 18.7 Å². The SMILES string of the molecule is CC1C(=O)N(c2ccc(Br)cc2)CCN1Cc1ccccc1F. The summed E-state index contributed by atoms with van der Waals surface area (Å²) in [6.45, 7) is 3.67. The number of benzene rings is 2. The topological polar surface area (TPSA) is 23.6 Å². The Labute approximate surface area is 143 Å². The van der Waals surface area contributed by atoms with Crippen LogP contribution in [0.1, 0.15) is 12.5 Å². The molecule has 0 aromatic heterocycles. The van der Waals surface area contributed by atoms with Gasteiger partial charge in [0.15, 0.2) is 0 Å². The van der Waals surface area contributed by atoms with E-state index in [1.54, 1.807) is 17.0 Å². The minimum atomic E-state index is -0.271. The zero-order valence-electron chi connectivity index (χ0n) is 12.9. The van der Waals surface area contributed by atoms with Crippen molar-refractivity contribution in [3.05, 3.63) is 64.4 Å². The van der Waals surface area contributed by atoms with E-state index in [1.807, 2.05) is 42.2 Å². The highest BCUT2D eigenvalue weighted by Gasteiger charge is 2.32. The highest BCUT2D eigenvalue weighted by molar-refractivity contribution is 9.10. The van der Waals surface area contributed by atoms with E-state index in [4.69, 9.17) is 0 Å². The first-order valence-corrected chi connectivity index (χ1v) is 8.40. The third kappa shape index (κ3) is 3.46. The first-order chi connectivity index (χ1) is 11.1. The summed E-state index contributed by atoms with van der Waals surface area (Å²) in [5, 5.41) is 0. The van der Waals surface area contributed by atoms with Gasteiger partial charge >= 0.3 is 0 Å². The molecule has 5 heteroatoms. The average Bonchev–Trinajstić information content (AvgIpc) is 2.55. The molecule has 0 saturated carbocycles. The molecule has 23 heavy (non-hydrogen) atoms. The third-order valence-corrected chi connectivity index (χ3v) is 4.78. The summed E-state index contributed by atoms with van der Waals surface area (Å²) >= 11 is 3.40. The molecule has 0 aliphatic carbocycles. The van der Waals surface area contributed by atoms with Crippen LogP contribution in [0.5, 0.6) is 0 Å². The van der Waals surface area contributed by atoms with Crippen LogP contribution >= 0.6 is 15.9 Å². The zero-order chi connectivity index (χ0) is 16.4. The van der Waals surface area contributed by atoms with Crippen LogP contribution in [0.4, 0.5) is 10.1 Å². The number of halogens is 2. The Kier molecular flexibility index (Phi) is 4.78. The lowest BCUT2D eigenvalue weighted by atomic mass is 10.1. The molecule has 3 rings (SSSR count). The molecule has 1 fully saturated rings. The monoisotopic (exact) mass is 376 g/mol. The van der Waals surface area contributed by atoms with E-state index in [2.05, 4.69) is 15.9 Å². The molecule has 1 atom stereocenters. The first-order valence-electron chi connectivity index (χ1n) is 7.60. The smallest absolute Gasteiger partial charge is 0.244 e. The van der Waals surface area contributed by atoms with Crippen LogP contribution in [0.3, 0.4) is 0 Å². The van der Waals surface area contributed by atoms with Gasteiger partial charge in [0, 0.05) is 35.4 Å². The lowest BCUT2D eigenvalue weighted by Crippen LogP contribution is -2.55. The summed E-state index contributed by atoms with van der Waals surface area (Å²) in [4.78, 5) is 16.5. The largest absolute Gasteiger partial charge is 0.310 e. The second kappa shape index (κ2) is 6.81. The number of piperazine rings is 1. The van der Waals surface area contributed by atoms with Crippen molar-refractivity contribution in [2.24, 2.45) is 0 Å². The van der Waals surface area contributed by atoms with Crippen molar-refractivity contribution >= 4 is 27.5 Å². The molecule has 1 aliphatic rings. The van der Waals surface area contributed by atoms with Crippen LogP contribution < -0.4 is 4.90 Å². The van der Waals surface area contributed by atoms with Crippen molar-refractivity contribution in [3.63, 3.8) is 0 Å². The van der Waals surface area contributed by atoms with Gasteiger partial charge in [-0.1, -0.05) is 34.1 Å². The van der Waals surface area contributed by atoms with Gasteiger partial charge in [-0.3, -0.25) is 9.69 Å². The fourth-order valence-electron chi connectivity index (χ4n) is 2.85. The van der Waals surface area contributed by atoms with Crippen LogP contribution in [0.2, 0.25) is 0 Å². The van der Waals surface area contributed by atoms with Crippen molar-refractivity contribution in [3.8, 4) is 0 Å². The molecule has 1 aliphatic heterocycles. The van der Waals surface area contributed by atoms with Crippen LogP contribution in [-0.4, -0.2) is 29.9 Å². The maximum atomic E-state index is 13.8. The molecule has 0 bridgehead atoms. The maximum Gasteiger partial charge on any atom is 0.244 e. The molecule has 2 aromatic carbocycles. The lowest BCUT2D eigenvalue weighted by Gasteiger charge is -2.39. The molecule has 1 unspecified atom stereocenters. The minimum absolute atomic E-state index is 0.0508. The number of anilines is 1. The van der Waals surface area contributed by atoms with E-state index in [-0.39, 0.29) is 17.8 Å². The van der Waals surface area contributed by atoms with Gasteiger partial charge in [-0.25, -0.2) is 4.39 Å². The lowest BCUT2D eigenvalue weighted by molar-refractivity contribution is -0.125. The number of rotatable bonds is 3. The summed E-state index contributed by atoms with van der Waals surface area (Å²) in [5.74, 6) is -0.169. The standard InChI is InChI=1S/C18H18BrFN2O/c1-13-18(23)22(16-8-6-15(19)7-9-16)11-10-21(13)12-14-4-2-3-5-17(14)20/h2-9,13H,10-12H2,1H3. The summed E-state index contributed by atoms with van der Waals surface area (Å²) < 4.78 is 14.8. The fourth-order valence-corrected chi connectivity index (χ4v) is 3.12. The van der Waals surface area contributed by atoms with Crippen molar-refractivity contribution in [1.82, 2.24) is 4.90 Å². The summed E-state index contributed by atoms with van der Waals surface area (Å²) in [6, 6.07) is 14.2. The molecule has 3 nitrogen and oxygen atoms in total. The van der Waals surface area contributed by atoms with Gasteiger partial charge in [0.1, 0.15) is 5.82 Å². The summed E-state index contributed by atoms with van der Waals surface area (Å²) in [6.07, 6.45) is 0. The Morgan fingerprint density at radius 1 is 1.13 bits per heavy atom. The molecule has 0 N–H and O–H groups in total. The molecule has 1 amide bonds. The zero-order valence-corrected chi connectivity index (χ0v) is 14.5. The maximum absolute atomic E-state index is 13.8. The van der Waals surface area contributed by atoms with Crippen LogP contribution in [0.15, 0.2) is 53.0 Å². The predicted octanol–water partition coefficient (Wildman–Crippen LogP) is 3.83. The van der Waals surface area contributed by atoms with Crippen molar-refractivity contribution < 1.29 is 9.18 Å². The van der Waals surface area contributed by atoms with Crippen molar-refractivity contribution in [2.45, 2.75) is 19.5 Å². The second-order valence-electron chi connectivity index (χ2n) is 5.70. The minimum Gasteiger partial charge on any atom is -0.310 e. The molecule has 2 aromatic rings. The molecular weight excluding hydrogens is 359 g/mol. The predicted molar refractivity (Wildman–Crippen MR) is 92.8 cm³/mol. The Balaban J connectivity index is 1.73. The van der Waals surface area contributed by atoms with Gasteiger partial charge in [0.25, 0.3) is 0 Å². The number of nitrogens with zero attached hydrogens (tertiary/aromatic N) is 2. The first kappa shape index (κ1) is 16.1. The van der Waals surface area contributed by atoms with E-state index < -0.39 is 0 Å². The molecule has 0 radical (unpaired) electrons. The Morgan fingerprint density at radius 2 is 1.83 bits per heavy atom. The molecule has 120 valence electrons. The van der Waals surface area contributed by atoms with Gasteiger partial charge in [0.05, 0.1) is 6.04 Å². The highest BCUT2D eigenvalue weighted by Crippen LogP contribution is 2.24. The fraction of sp³-hybridized carbons (Fsp3) is 0.278. The molecule has 1 saturated heterocycles. The van der Waals surface area contributed by atoms with E-state index in [9.17, 15) is 9.18 Å². The van der Waals surface area contributed by atoms with Gasteiger partial charge in [-0.2, -0.15) is 0 Å². The Bertz CT molecular complexity index is 704. The number of hydrogen-bond donors (Lipinski definition) is 0. The average molecular weight is 377 g/mol. The van der Waals surface area contributed by atoms with Crippen molar-refractivity contribution in [1.29, 1.82) is 0 Å². The molecular formula is C18H18BrFN2O. The van der Waals surface area contributed by atoms with E-state index in [1.165, 1.54) is 6.07 Å². The Morgan fingerprint density at radius 3 is 2.52 bits per heavy atom. The summed E-state index contributed by atoms with van der Waals surface area (Å²) in [7, 11) is 0. The second-order valence-corrected chi connectivity index (χ2v) is 6.62. The van der Waals surface area contributed by atoms with Gasteiger partial charge in [-0.15, -0.1) is 0 Å². The van der Waals surface area contributed by atoms with E-state index in [0.717, 1.165) is 16.7 Å². The number of amides is 1. The van der Waals surface area contributed by atoms with E-state index >= 15 is 0 Å². The number of carbonyl (C=O) groups is 1. The molecule has 1 heterocycles. The normalized spacial score (nSPS) is 19.2. The quantitative estimate of drug-likeness (QED) is 0.812. The van der Waals surface area contributed by atoms with Crippen LogP contribution in [-0.2, 0) is 11.3 Å². The summed E-state index contributed by atoms with van der Waals surface area (Å²) in [5.41, 5.74) is 1.53. The number of hydrogen-bond acceptors (Lipinski definition) is 2. The van der Waals surface area contributed by atoms with Gasteiger partial charge in [0.2, 0.25) is 5.91 Å². The number of carbonyl (C=O) groups excluding carboxylic acids is 1. The Hall–Kier alpha value is -1.72. The van der Waals surface area contributed by atoms with Crippen molar-refractivity contribution in [2.75, 3.05) is 18.0 Å². The highest BCUT2D eigenvalue weighted by atomic mass is 79.9. The van der Waals surface area contributed by atoms with Gasteiger partial charge in [-0.05, 0) is 37.3 Å². The van der Waals surface area contributed by atoms with Crippen LogP contribution in [0, 0.1) is 5.82 Å². The van der Waals surface area contributed by atoms with Gasteiger partial charge < -0.3 is 4.90 Å². The van der Waals surface area contributed by atoms with Crippen LogP contribution in [0.25, 0.3) is 0 Å². The molecule has 0 spiro atoms.